The van der Waals surface area contributed by atoms with Crippen LogP contribution in [0.25, 0.3) is 0 Å². The summed E-state index contributed by atoms with van der Waals surface area (Å²) in [4.78, 5) is 26.6. The van der Waals surface area contributed by atoms with E-state index in [1.807, 2.05) is 13.8 Å². The van der Waals surface area contributed by atoms with Crippen molar-refractivity contribution in [2.24, 2.45) is 5.92 Å². The molecule has 0 aliphatic carbocycles. The van der Waals surface area contributed by atoms with Gasteiger partial charge in [-0.2, -0.15) is 0 Å². The number of carbonyl (C=O) groups excluding carboxylic acids is 2. The number of rotatable bonds is 6. The van der Waals surface area contributed by atoms with Gasteiger partial charge in [0.1, 0.15) is 6.04 Å². The Morgan fingerprint density at radius 1 is 1.22 bits per heavy atom. The first-order valence-corrected chi connectivity index (χ1v) is 10.6. The average Bonchev–Trinajstić information content (AvgIpc) is 2.91. The van der Waals surface area contributed by atoms with Crippen LogP contribution >= 0.6 is 0 Å². The number of nitrogens with one attached hydrogen (secondary N) is 2. The van der Waals surface area contributed by atoms with Gasteiger partial charge in [-0.05, 0) is 51.3 Å². The van der Waals surface area contributed by atoms with Gasteiger partial charge >= 0.3 is 0 Å². The summed E-state index contributed by atoms with van der Waals surface area (Å²) in [6.45, 7) is 9.64. The van der Waals surface area contributed by atoms with Gasteiger partial charge in [0.2, 0.25) is 21.8 Å². The molecule has 1 unspecified atom stereocenters. The minimum atomic E-state index is -3.70. The third kappa shape index (κ3) is 5.52. The number of anilines is 1. The standard InChI is InChI=1S/C19H29N3O4S/c1-13(2)17(22-11-7-10-16(22)23)18(24)20-14-8-6-9-15(12-14)27(25,26)21-19(3,4)5/h6,8-9,12-13,17,21H,7,10-11H2,1-5H3,(H,20,24). The fourth-order valence-electron chi connectivity index (χ4n) is 3.19. The summed E-state index contributed by atoms with van der Waals surface area (Å²) in [5.41, 5.74) is -0.231. The molecular weight excluding hydrogens is 366 g/mol. The number of hydrogen-bond acceptors (Lipinski definition) is 4. The Morgan fingerprint density at radius 2 is 1.89 bits per heavy atom. The van der Waals surface area contributed by atoms with Crippen LogP contribution in [0.15, 0.2) is 29.2 Å². The van der Waals surface area contributed by atoms with E-state index in [2.05, 4.69) is 10.0 Å². The highest BCUT2D eigenvalue weighted by Gasteiger charge is 2.35. The molecule has 1 fully saturated rings. The molecule has 2 N–H and O–H groups in total. The quantitative estimate of drug-likeness (QED) is 0.773. The average molecular weight is 396 g/mol. The number of amides is 2. The summed E-state index contributed by atoms with van der Waals surface area (Å²) in [6.07, 6.45) is 1.21. The molecule has 1 aromatic rings. The lowest BCUT2D eigenvalue weighted by Crippen LogP contribution is -2.48. The van der Waals surface area contributed by atoms with E-state index in [1.54, 1.807) is 37.8 Å². The van der Waals surface area contributed by atoms with Crippen molar-refractivity contribution in [1.82, 2.24) is 9.62 Å². The van der Waals surface area contributed by atoms with E-state index in [0.29, 0.717) is 18.7 Å². The zero-order valence-electron chi connectivity index (χ0n) is 16.6. The van der Waals surface area contributed by atoms with Gasteiger partial charge in [-0.15, -0.1) is 0 Å². The lowest BCUT2D eigenvalue weighted by molar-refractivity contribution is -0.136. The fourth-order valence-corrected chi connectivity index (χ4v) is 4.65. The van der Waals surface area contributed by atoms with E-state index < -0.39 is 21.6 Å². The van der Waals surface area contributed by atoms with Crippen molar-refractivity contribution in [3.8, 4) is 0 Å². The highest BCUT2D eigenvalue weighted by atomic mass is 32.2. The molecule has 0 radical (unpaired) electrons. The van der Waals surface area contributed by atoms with Crippen LogP contribution in [0.2, 0.25) is 0 Å². The molecule has 2 amide bonds. The van der Waals surface area contributed by atoms with Gasteiger partial charge in [-0.25, -0.2) is 13.1 Å². The first-order chi connectivity index (χ1) is 12.4. The molecule has 8 heteroatoms. The second-order valence-corrected chi connectivity index (χ2v) is 9.93. The molecule has 27 heavy (non-hydrogen) atoms. The predicted octanol–water partition coefficient (Wildman–Crippen LogP) is 2.35. The van der Waals surface area contributed by atoms with Gasteiger partial charge in [0.05, 0.1) is 4.90 Å². The maximum absolute atomic E-state index is 12.8. The van der Waals surface area contributed by atoms with Crippen LogP contribution in [0.4, 0.5) is 5.69 Å². The first kappa shape index (κ1) is 21.4. The van der Waals surface area contributed by atoms with Gasteiger partial charge in [0.25, 0.3) is 0 Å². The van der Waals surface area contributed by atoms with Crippen LogP contribution in [0.1, 0.15) is 47.5 Å². The number of benzene rings is 1. The van der Waals surface area contributed by atoms with Crippen molar-refractivity contribution in [2.45, 2.75) is 63.9 Å². The molecule has 0 saturated carbocycles. The summed E-state index contributed by atoms with van der Waals surface area (Å²) in [6, 6.07) is 5.55. The van der Waals surface area contributed by atoms with Crippen LogP contribution in [-0.2, 0) is 19.6 Å². The summed E-state index contributed by atoms with van der Waals surface area (Å²) >= 11 is 0. The Morgan fingerprint density at radius 3 is 2.41 bits per heavy atom. The second-order valence-electron chi connectivity index (χ2n) is 8.25. The van der Waals surface area contributed by atoms with Crippen molar-refractivity contribution >= 4 is 27.5 Å². The van der Waals surface area contributed by atoms with Gasteiger partial charge in [-0.3, -0.25) is 9.59 Å². The summed E-state index contributed by atoms with van der Waals surface area (Å²) < 4.78 is 27.6. The molecule has 1 aromatic carbocycles. The zero-order valence-corrected chi connectivity index (χ0v) is 17.4. The number of hydrogen-bond donors (Lipinski definition) is 2. The van der Waals surface area contributed by atoms with Gasteiger partial charge in [0.15, 0.2) is 0 Å². The SMILES string of the molecule is CC(C)C(C(=O)Nc1cccc(S(=O)(=O)NC(C)(C)C)c1)N1CCCC1=O. The van der Waals surface area contributed by atoms with Gasteiger partial charge in [-0.1, -0.05) is 19.9 Å². The fraction of sp³-hybridized carbons (Fsp3) is 0.579. The van der Waals surface area contributed by atoms with Crippen LogP contribution < -0.4 is 10.0 Å². The van der Waals surface area contributed by atoms with Crippen LogP contribution in [0, 0.1) is 5.92 Å². The zero-order chi connectivity index (χ0) is 20.4. The first-order valence-electron chi connectivity index (χ1n) is 9.15. The molecule has 150 valence electrons. The molecule has 1 saturated heterocycles. The number of likely N-dealkylation sites (tertiary alicyclic amines) is 1. The van der Waals surface area contributed by atoms with Gasteiger partial charge < -0.3 is 10.2 Å². The topological polar surface area (TPSA) is 95.6 Å². The normalized spacial score (nSPS) is 16.7. The second kappa shape index (κ2) is 7.98. The highest BCUT2D eigenvalue weighted by Crippen LogP contribution is 2.22. The van der Waals surface area contributed by atoms with E-state index in [4.69, 9.17) is 0 Å². The minimum Gasteiger partial charge on any atom is -0.330 e. The van der Waals surface area contributed by atoms with Crippen LogP contribution in [-0.4, -0.2) is 43.3 Å². The molecule has 0 spiro atoms. The Kier molecular flexibility index (Phi) is 6.32. The smallest absolute Gasteiger partial charge is 0.247 e. The largest absolute Gasteiger partial charge is 0.330 e. The maximum Gasteiger partial charge on any atom is 0.247 e. The molecule has 1 heterocycles. The van der Waals surface area contributed by atoms with Crippen molar-refractivity contribution in [3.63, 3.8) is 0 Å². The van der Waals surface area contributed by atoms with Crippen molar-refractivity contribution < 1.29 is 18.0 Å². The molecule has 2 rings (SSSR count). The molecule has 0 aromatic heterocycles. The number of sulfonamides is 1. The van der Waals surface area contributed by atoms with Crippen molar-refractivity contribution in [1.29, 1.82) is 0 Å². The van der Waals surface area contributed by atoms with E-state index in [1.165, 1.54) is 12.1 Å². The Balaban J connectivity index is 2.22. The molecule has 1 aliphatic heterocycles. The van der Waals surface area contributed by atoms with Gasteiger partial charge in [0, 0.05) is 24.2 Å². The predicted molar refractivity (Wildman–Crippen MR) is 105 cm³/mol. The van der Waals surface area contributed by atoms with Crippen LogP contribution in [0.5, 0.6) is 0 Å². The Bertz CT molecular complexity index is 812. The van der Waals surface area contributed by atoms with Crippen molar-refractivity contribution in [3.05, 3.63) is 24.3 Å². The summed E-state index contributed by atoms with van der Waals surface area (Å²) in [5, 5.41) is 2.77. The van der Waals surface area contributed by atoms with E-state index in [0.717, 1.165) is 6.42 Å². The van der Waals surface area contributed by atoms with Crippen LogP contribution in [0.3, 0.4) is 0 Å². The highest BCUT2D eigenvalue weighted by molar-refractivity contribution is 7.89. The summed E-state index contributed by atoms with van der Waals surface area (Å²) in [7, 11) is -3.70. The molecular formula is C19H29N3O4S. The molecule has 1 aliphatic rings. The lowest BCUT2D eigenvalue weighted by Gasteiger charge is -2.30. The van der Waals surface area contributed by atoms with E-state index in [9.17, 15) is 18.0 Å². The molecule has 0 bridgehead atoms. The van der Waals surface area contributed by atoms with Crippen molar-refractivity contribution in [2.75, 3.05) is 11.9 Å². The lowest BCUT2D eigenvalue weighted by atomic mass is 10.0. The number of carbonyl (C=O) groups is 2. The monoisotopic (exact) mass is 395 g/mol. The van der Waals surface area contributed by atoms with E-state index in [-0.39, 0.29) is 22.6 Å². The Labute approximate surface area is 161 Å². The third-order valence-corrected chi connectivity index (χ3v) is 5.95. The Hall–Kier alpha value is -1.93. The molecule has 1 atom stereocenters. The summed E-state index contributed by atoms with van der Waals surface area (Å²) in [5.74, 6) is -0.380. The number of nitrogens with zero attached hydrogens (tertiary/aromatic N) is 1. The minimum absolute atomic E-state index is 0.0189. The third-order valence-electron chi connectivity index (χ3n) is 4.20. The van der Waals surface area contributed by atoms with E-state index >= 15 is 0 Å². The maximum atomic E-state index is 12.8. The molecule has 7 nitrogen and oxygen atoms in total.